The molecule has 0 aromatic heterocycles. The van der Waals surface area contributed by atoms with E-state index >= 15 is 0 Å². The molecule has 0 heterocycles. The van der Waals surface area contributed by atoms with E-state index in [0.29, 0.717) is 11.5 Å². The molecule has 3 aromatic carbocycles. The predicted octanol–water partition coefficient (Wildman–Crippen LogP) is 7.91. The summed E-state index contributed by atoms with van der Waals surface area (Å²) in [5.74, 6) is 0.611. The van der Waals surface area contributed by atoms with E-state index in [1.54, 1.807) is 0 Å². The highest BCUT2D eigenvalue weighted by Gasteiger charge is 2.24. The lowest BCUT2D eigenvalue weighted by Crippen LogP contribution is -2.21. The van der Waals surface area contributed by atoms with Crippen molar-refractivity contribution < 1.29 is 9.13 Å². The van der Waals surface area contributed by atoms with Gasteiger partial charge in [0, 0.05) is 3.57 Å². The Balaban J connectivity index is 1.65. The van der Waals surface area contributed by atoms with Gasteiger partial charge >= 0.3 is 0 Å². The Hall–Kier alpha value is -1.88. The first kappa shape index (κ1) is 20.8. The quantitative estimate of drug-likeness (QED) is 0.293. The number of rotatable bonds is 8. The number of halogens is 2. The van der Waals surface area contributed by atoms with Gasteiger partial charge in [-0.3, -0.25) is 0 Å². The smallest absolute Gasteiger partial charge is 0.165 e. The Morgan fingerprint density at radius 3 is 2.36 bits per heavy atom. The summed E-state index contributed by atoms with van der Waals surface area (Å²) in [6, 6.07) is 23.4. The Morgan fingerprint density at radius 2 is 1.68 bits per heavy atom. The standard InChI is InChI=1S/C25H26FIO/c1-3-25(2,20-12-14-21(27)15-13-20)17-7-8-19-11-16-23(26)24(18-19)28-22-9-5-4-6-10-22/h4-6,9-16,18H,3,7-8,17H2,1-2H3. The van der Waals surface area contributed by atoms with Crippen LogP contribution in [0, 0.1) is 9.39 Å². The fraction of sp³-hybridized carbons (Fsp3) is 0.280. The van der Waals surface area contributed by atoms with Crippen molar-refractivity contribution >= 4 is 22.6 Å². The van der Waals surface area contributed by atoms with E-state index in [-0.39, 0.29) is 11.2 Å². The molecule has 0 saturated heterocycles. The highest BCUT2D eigenvalue weighted by molar-refractivity contribution is 14.1. The molecule has 0 aliphatic rings. The zero-order valence-electron chi connectivity index (χ0n) is 16.4. The van der Waals surface area contributed by atoms with Crippen LogP contribution in [0.3, 0.4) is 0 Å². The second kappa shape index (κ2) is 9.55. The highest BCUT2D eigenvalue weighted by atomic mass is 127. The van der Waals surface area contributed by atoms with E-state index in [4.69, 9.17) is 4.74 Å². The van der Waals surface area contributed by atoms with Crippen molar-refractivity contribution in [1.82, 2.24) is 0 Å². The van der Waals surface area contributed by atoms with Crippen LogP contribution in [-0.2, 0) is 11.8 Å². The van der Waals surface area contributed by atoms with E-state index in [0.717, 1.165) is 31.2 Å². The predicted molar refractivity (Wildman–Crippen MR) is 123 cm³/mol. The topological polar surface area (TPSA) is 9.23 Å². The van der Waals surface area contributed by atoms with E-state index in [1.807, 2.05) is 42.5 Å². The van der Waals surface area contributed by atoms with Crippen LogP contribution in [0.4, 0.5) is 4.39 Å². The summed E-state index contributed by atoms with van der Waals surface area (Å²) >= 11 is 2.34. The second-order valence-electron chi connectivity index (χ2n) is 7.45. The van der Waals surface area contributed by atoms with Gasteiger partial charge in [-0.1, -0.05) is 50.2 Å². The van der Waals surface area contributed by atoms with Crippen LogP contribution in [0.25, 0.3) is 0 Å². The Labute approximate surface area is 181 Å². The van der Waals surface area contributed by atoms with Crippen LogP contribution in [0.2, 0.25) is 0 Å². The molecular formula is C25H26FIO. The molecule has 0 saturated carbocycles. The third-order valence-electron chi connectivity index (χ3n) is 5.48. The summed E-state index contributed by atoms with van der Waals surface area (Å²) in [6.45, 7) is 4.59. The average Bonchev–Trinajstić information content (AvgIpc) is 2.71. The molecule has 0 aliphatic heterocycles. The van der Waals surface area contributed by atoms with Crippen molar-refractivity contribution in [2.75, 3.05) is 0 Å². The molecule has 0 amide bonds. The van der Waals surface area contributed by atoms with Crippen LogP contribution >= 0.6 is 22.6 Å². The Morgan fingerprint density at radius 1 is 0.964 bits per heavy atom. The maximum atomic E-state index is 14.1. The molecule has 1 atom stereocenters. The number of hydrogen-bond donors (Lipinski definition) is 0. The van der Waals surface area contributed by atoms with Gasteiger partial charge in [0.05, 0.1) is 0 Å². The van der Waals surface area contributed by atoms with E-state index in [2.05, 4.69) is 60.7 Å². The summed E-state index contributed by atoms with van der Waals surface area (Å²) in [5, 5.41) is 0. The van der Waals surface area contributed by atoms with Gasteiger partial charge in [-0.05, 0) is 101 Å². The summed E-state index contributed by atoms with van der Waals surface area (Å²) in [5.41, 5.74) is 2.66. The molecule has 0 bridgehead atoms. The van der Waals surface area contributed by atoms with E-state index in [9.17, 15) is 4.39 Å². The van der Waals surface area contributed by atoms with Crippen molar-refractivity contribution in [1.29, 1.82) is 0 Å². The van der Waals surface area contributed by atoms with Gasteiger partial charge in [-0.2, -0.15) is 0 Å². The number of benzene rings is 3. The first-order chi connectivity index (χ1) is 13.5. The first-order valence-corrected chi connectivity index (χ1v) is 10.9. The second-order valence-corrected chi connectivity index (χ2v) is 8.70. The zero-order valence-corrected chi connectivity index (χ0v) is 18.6. The minimum atomic E-state index is -0.329. The molecule has 3 heteroatoms. The van der Waals surface area contributed by atoms with Gasteiger partial charge in [0.25, 0.3) is 0 Å². The fourth-order valence-corrected chi connectivity index (χ4v) is 3.82. The lowest BCUT2D eigenvalue weighted by atomic mass is 9.76. The van der Waals surface area contributed by atoms with Crippen molar-refractivity contribution in [3.05, 3.63) is 93.3 Å². The minimum absolute atomic E-state index is 0.160. The maximum Gasteiger partial charge on any atom is 0.165 e. The average molecular weight is 488 g/mol. The summed E-state index contributed by atoms with van der Waals surface area (Å²) in [4.78, 5) is 0. The monoisotopic (exact) mass is 488 g/mol. The van der Waals surface area contributed by atoms with Crippen molar-refractivity contribution in [2.24, 2.45) is 0 Å². The molecule has 28 heavy (non-hydrogen) atoms. The van der Waals surface area contributed by atoms with Crippen molar-refractivity contribution in [3.8, 4) is 11.5 Å². The van der Waals surface area contributed by atoms with Gasteiger partial charge in [-0.15, -0.1) is 0 Å². The zero-order chi connectivity index (χ0) is 20.0. The molecule has 0 aliphatic carbocycles. The van der Waals surface area contributed by atoms with Crippen molar-refractivity contribution in [2.45, 2.75) is 44.9 Å². The molecule has 0 N–H and O–H groups in total. The minimum Gasteiger partial charge on any atom is -0.454 e. The van der Waals surface area contributed by atoms with Gasteiger partial charge in [0.1, 0.15) is 5.75 Å². The number of ether oxygens (including phenoxy) is 1. The van der Waals surface area contributed by atoms with Crippen LogP contribution in [0.15, 0.2) is 72.8 Å². The molecule has 0 spiro atoms. The maximum absolute atomic E-state index is 14.1. The van der Waals surface area contributed by atoms with Crippen LogP contribution in [0.5, 0.6) is 11.5 Å². The lowest BCUT2D eigenvalue weighted by Gasteiger charge is -2.29. The third-order valence-corrected chi connectivity index (χ3v) is 6.20. The molecule has 146 valence electrons. The van der Waals surface area contributed by atoms with Gasteiger partial charge in [0.15, 0.2) is 11.6 Å². The SMILES string of the molecule is CCC(C)(CCCc1ccc(F)c(Oc2ccccc2)c1)c1ccc(I)cc1. The Bertz CT molecular complexity index is 892. The van der Waals surface area contributed by atoms with Crippen LogP contribution in [0.1, 0.15) is 44.2 Å². The number of para-hydroxylation sites is 1. The van der Waals surface area contributed by atoms with Crippen LogP contribution in [-0.4, -0.2) is 0 Å². The normalized spacial score (nSPS) is 13.1. The summed E-state index contributed by atoms with van der Waals surface area (Å²) in [7, 11) is 0. The van der Waals surface area contributed by atoms with E-state index in [1.165, 1.54) is 15.2 Å². The number of aryl methyl sites for hydroxylation is 1. The molecule has 3 rings (SSSR count). The molecule has 3 aromatic rings. The summed E-state index contributed by atoms with van der Waals surface area (Å²) in [6.07, 6.45) is 4.15. The Kier molecular flexibility index (Phi) is 7.11. The molecule has 1 nitrogen and oxygen atoms in total. The first-order valence-electron chi connectivity index (χ1n) is 9.77. The molecule has 1 unspecified atom stereocenters. The van der Waals surface area contributed by atoms with Crippen LogP contribution < -0.4 is 4.74 Å². The lowest BCUT2D eigenvalue weighted by molar-refractivity contribution is 0.404. The third kappa shape index (κ3) is 5.34. The molecular weight excluding hydrogens is 462 g/mol. The van der Waals surface area contributed by atoms with Crippen molar-refractivity contribution in [3.63, 3.8) is 0 Å². The van der Waals surface area contributed by atoms with Gasteiger partial charge < -0.3 is 4.74 Å². The molecule has 0 radical (unpaired) electrons. The fourth-order valence-electron chi connectivity index (χ4n) is 3.46. The van der Waals surface area contributed by atoms with E-state index < -0.39 is 0 Å². The molecule has 0 fully saturated rings. The number of hydrogen-bond acceptors (Lipinski definition) is 1. The van der Waals surface area contributed by atoms with Gasteiger partial charge in [0.2, 0.25) is 0 Å². The largest absolute Gasteiger partial charge is 0.454 e. The highest BCUT2D eigenvalue weighted by Crippen LogP contribution is 2.34. The summed E-state index contributed by atoms with van der Waals surface area (Å²) < 4.78 is 21.1. The van der Waals surface area contributed by atoms with Gasteiger partial charge in [-0.25, -0.2) is 4.39 Å².